The molecule has 0 heterocycles. The van der Waals surface area contributed by atoms with Crippen LogP contribution in [0.2, 0.25) is 0 Å². The number of hydrogen-bond donors (Lipinski definition) is 0. The third-order valence-electron chi connectivity index (χ3n) is 2.30. The van der Waals surface area contributed by atoms with Crippen molar-refractivity contribution in [1.82, 2.24) is 0 Å². The number of unbranched alkanes of at least 4 members (excludes halogenated alkanes) is 5. The summed E-state index contributed by atoms with van der Waals surface area (Å²) < 4.78 is 0. The highest BCUT2D eigenvalue weighted by Gasteiger charge is 1.94. The molecule has 0 saturated carbocycles. The van der Waals surface area contributed by atoms with Crippen molar-refractivity contribution in [3.8, 4) is 0 Å². The molecule has 0 amide bonds. The zero-order chi connectivity index (χ0) is 10.6. The minimum Gasteiger partial charge on any atom is -0.295 e. The predicted octanol–water partition coefficient (Wildman–Crippen LogP) is 4.27. The highest BCUT2D eigenvalue weighted by Crippen LogP contribution is 2.02. The fourth-order valence-electron chi connectivity index (χ4n) is 1.36. The summed E-state index contributed by atoms with van der Waals surface area (Å²) in [6, 6.07) is 0. The van der Waals surface area contributed by atoms with Crippen molar-refractivity contribution in [2.24, 2.45) is 0 Å². The molecule has 0 radical (unpaired) electrons. The second-order valence-electron chi connectivity index (χ2n) is 3.82. The summed E-state index contributed by atoms with van der Waals surface area (Å²) in [7, 11) is 0. The average molecular weight is 196 g/mol. The first kappa shape index (κ1) is 13.4. The third kappa shape index (κ3) is 9.50. The highest BCUT2D eigenvalue weighted by atomic mass is 16.1. The van der Waals surface area contributed by atoms with Crippen LogP contribution >= 0.6 is 0 Å². The molecule has 0 unspecified atom stereocenters. The standard InChI is InChI=1S/C13H24O/c1-3-5-7-8-10-12-13(14)11-9-6-4-2/h10,12H,3-9,11H2,1-2H3. The van der Waals surface area contributed by atoms with E-state index < -0.39 is 0 Å². The van der Waals surface area contributed by atoms with Crippen molar-refractivity contribution < 1.29 is 4.79 Å². The number of hydrogen-bond acceptors (Lipinski definition) is 1. The lowest BCUT2D eigenvalue weighted by Crippen LogP contribution is -1.91. The molecule has 0 rings (SSSR count). The molecule has 1 heteroatoms. The van der Waals surface area contributed by atoms with E-state index in [1.165, 1.54) is 32.1 Å². The first-order valence-corrected chi connectivity index (χ1v) is 6.00. The first-order chi connectivity index (χ1) is 6.81. The molecule has 1 nitrogen and oxygen atoms in total. The van der Waals surface area contributed by atoms with E-state index in [2.05, 4.69) is 13.8 Å². The second kappa shape index (κ2) is 10.5. The molecule has 0 aliphatic rings. The van der Waals surface area contributed by atoms with Gasteiger partial charge in [-0.15, -0.1) is 0 Å². The van der Waals surface area contributed by atoms with Gasteiger partial charge in [0.25, 0.3) is 0 Å². The van der Waals surface area contributed by atoms with Crippen LogP contribution in [-0.4, -0.2) is 5.78 Å². The van der Waals surface area contributed by atoms with E-state index in [1.807, 2.05) is 6.08 Å². The fourth-order valence-corrected chi connectivity index (χ4v) is 1.36. The number of ketones is 1. The van der Waals surface area contributed by atoms with Gasteiger partial charge in [-0.3, -0.25) is 4.79 Å². The van der Waals surface area contributed by atoms with Gasteiger partial charge >= 0.3 is 0 Å². The number of carbonyl (C=O) groups is 1. The van der Waals surface area contributed by atoms with Gasteiger partial charge in [-0.25, -0.2) is 0 Å². The molecule has 0 bridgehead atoms. The summed E-state index contributed by atoms with van der Waals surface area (Å²) >= 11 is 0. The average Bonchev–Trinajstić information content (AvgIpc) is 2.18. The van der Waals surface area contributed by atoms with Crippen molar-refractivity contribution in [2.45, 2.75) is 65.2 Å². The van der Waals surface area contributed by atoms with Crippen LogP contribution in [0.25, 0.3) is 0 Å². The second-order valence-corrected chi connectivity index (χ2v) is 3.82. The van der Waals surface area contributed by atoms with E-state index in [-0.39, 0.29) is 0 Å². The zero-order valence-electron chi connectivity index (χ0n) is 9.72. The van der Waals surface area contributed by atoms with Crippen LogP contribution in [0.4, 0.5) is 0 Å². The molecule has 0 aromatic heterocycles. The van der Waals surface area contributed by atoms with Crippen molar-refractivity contribution in [3.05, 3.63) is 12.2 Å². The maximum Gasteiger partial charge on any atom is 0.155 e. The van der Waals surface area contributed by atoms with Crippen LogP contribution in [0.3, 0.4) is 0 Å². The summed E-state index contributed by atoms with van der Waals surface area (Å²) in [5.41, 5.74) is 0. The lowest BCUT2D eigenvalue weighted by molar-refractivity contribution is -0.114. The third-order valence-corrected chi connectivity index (χ3v) is 2.30. The smallest absolute Gasteiger partial charge is 0.155 e. The number of rotatable bonds is 9. The largest absolute Gasteiger partial charge is 0.295 e. The van der Waals surface area contributed by atoms with Crippen LogP contribution in [0.5, 0.6) is 0 Å². The normalized spacial score (nSPS) is 11.0. The quantitative estimate of drug-likeness (QED) is 0.397. The molecule has 0 aromatic carbocycles. The zero-order valence-corrected chi connectivity index (χ0v) is 9.72. The SMILES string of the molecule is CCCCCC=CC(=O)CCCCC. The van der Waals surface area contributed by atoms with Gasteiger partial charge < -0.3 is 0 Å². The van der Waals surface area contributed by atoms with E-state index in [4.69, 9.17) is 0 Å². The molecule has 0 aliphatic carbocycles. The first-order valence-electron chi connectivity index (χ1n) is 6.00. The van der Waals surface area contributed by atoms with Gasteiger partial charge in [0.15, 0.2) is 5.78 Å². The van der Waals surface area contributed by atoms with Crippen LogP contribution in [0.1, 0.15) is 65.2 Å². The molecular formula is C13H24O. The fraction of sp³-hybridized carbons (Fsp3) is 0.769. The Hall–Kier alpha value is -0.590. The highest BCUT2D eigenvalue weighted by molar-refractivity contribution is 5.89. The van der Waals surface area contributed by atoms with E-state index in [0.717, 1.165) is 19.3 Å². The Bertz CT molecular complexity index is 159. The number of carbonyl (C=O) groups excluding carboxylic acids is 1. The van der Waals surface area contributed by atoms with Crippen molar-refractivity contribution in [1.29, 1.82) is 0 Å². The summed E-state index contributed by atoms with van der Waals surface area (Å²) in [5, 5.41) is 0. The molecule has 14 heavy (non-hydrogen) atoms. The minimum absolute atomic E-state index is 0.301. The molecule has 0 N–H and O–H groups in total. The topological polar surface area (TPSA) is 17.1 Å². The van der Waals surface area contributed by atoms with Crippen LogP contribution < -0.4 is 0 Å². The van der Waals surface area contributed by atoms with Crippen LogP contribution in [0, 0.1) is 0 Å². The monoisotopic (exact) mass is 196 g/mol. The Balaban J connectivity index is 3.32. The molecule has 0 saturated heterocycles. The molecule has 0 spiro atoms. The maximum atomic E-state index is 11.3. The van der Waals surface area contributed by atoms with Gasteiger partial charge in [-0.05, 0) is 25.3 Å². The summed E-state index contributed by atoms with van der Waals surface area (Å²) in [6.45, 7) is 4.35. The van der Waals surface area contributed by atoms with E-state index in [0.29, 0.717) is 5.78 Å². The maximum absolute atomic E-state index is 11.3. The molecule has 0 aliphatic heterocycles. The molecule has 82 valence electrons. The summed E-state index contributed by atoms with van der Waals surface area (Å²) in [6.07, 6.45) is 12.8. The van der Waals surface area contributed by atoms with Gasteiger partial charge in [0.2, 0.25) is 0 Å². The molecule has 0 fully saturated rings. The Morgan fingerprint density at radius 1 is 1.00 bits per heavy atom. The van der Waals surface area contributed by atoms with E-state index in [9.17, 15) is 4.79 Å². The van der Waals surface area contributed by atoms with Crippen molar-refractivity contribution in [3.63, 3.8) is 0 Å². The summed E-state index contributed by atoms with van der Waals surface area (Å²) in [5.74, 6) is 0.301. The van der Waals surface area contributed by atoms with Crippen LogP contribution in [-0.2, 0) is 4.79 Å². The number of allylic oxidation sites excluding steroid dienone is 2. The van der Waals surface area contributed by atoms with Gasteiger partial charge in [0, 0.05) is 6.42 Å². The lowest BCUT2D eigenvalue weighted by Gasteiger charge is -1.94. The molecule has 0 aromatic rings. The Labute approximate surface area is 88.6 Å². The Kier molecular flexibility index (Phi) is 10.0. The van der Waals surface area contributed by atoms with Crippen LogP contribution in [0.15, 0.2) is 12.2 Å². The van der Waals surface area contributed by atoms with Gasteiger partial charge in [0.05, 0.1) is 0 Å². The van der Waals surface area contributed by atoms with Gasteiger partial charge in [-0.2, -0.15) is 0 Å². The van der Waals surface area contributed by atoms with Gasteiger partial charge in [0.1, 0.15) is 0 Å². The molecule has 0 atom stereocenters. The predicted molar refractivity (Wildman–Crippen MR) is 62.4 cm³/mol. The summed E-state index contributed by atoms with van der Waals surface area (Å²) in [4.78, 5) is 11.3. The van der Waals surface area contributed by atoms with Crippen molar-refractivity contribution >= 4 is 5.78 Å². The Morgan fingerprint density at radius 3 is 2.29 bits per heavy atom. The van der Waals surface area contributed by atoms with Gasteiger partial charge in [-0.1, -0.05) is 45.6 Å². The molecular weight excluding hydrogens is 172 g/mol. The lowest BCUT2D eigenvalue weighted by atomic mass is 10.1. The van der Waals surface area contributed by atoms with E-state index in [1.54, 1.807) is 6.08 Å². The Morgan fingerprint density at radius 2 is 1.64 bits per heavy atom. The van der Waals surface area contributed by atoms with Crippen molar-refractivity contribution in [2.75, 3.05) is 0 Å². The minimum atomic E-state index is 0.301. The van der Waals surface area contributed by atoms with E-state index >= 15 is 0 Å².